The van der Waals surface area contributed by atoms with Crippen molar-refractivity contribution >= 4 is 10.8 Å². The van der Waals surface area contributed by atoms with Crippen molar-refractivity contribution in [3.05, 3.63) is 108 Å². The Labute approximate surface area is 197 Å². The van der Waals surface area contributed by atoms with E-state index in [1.807, 2.05) is 30.3 Å². The molecule has 5 heteroatoms. The first-order chi connectivity index (χ1) is 16.5. The SMILES string of the molecule is FC(F)(F)c1cccc(-c2cccc([C@H]3CCNC[C@@H]3OCc3ccc4ccccc4c3)c2)c1. The molecule has 1 heterocycles. The average molecular weight is 462 g/mol. The number of hydrogen-bond acceptors (Lipinski definition) is 2. The highest BCUT2D eigenvalue weighted by Crippen LogP contribution is 2.34. The van der Waals surface area contributed by atoms with E-state index in [1.54, 1.807) is 6.07 Å². The number of ether oxygens (including phenoxy) is 1. The summed E-state index contributed by atoms with van der Waals surface area (Å²) in [6, 6.07) is 28.0. The zero-order chi connectivity index (χ0) is 23.5. The predicted octanol–water partition coefficient (Wildman–Crippen LogP) is 7.19. The van der Waals surface area contributed by atoms with Crippen LogP contribution in [0.4, 0.5) is 13.2 Å². The van der Waals surface area contributed by atoms with E-state index < -0.39 is 11.7 Å². The smallest absolute Gasteiger partial charge is 0.372 e. The zero-order valence-electron chi connectivity index (χ0n) is 18.7. The molecule has 1 saturated heterocycles. The maximum Gasteiger partial charge on any atom is 0.416 e. The molecule has 4 aromatic carbocycles. The number of piperidine rings is 1. The zero-order valence-corrected chi connectivity index (χ0v) is 18.7. The summed E-state index contributed by atoms with van der Waals surface area (Å²) in [5.41, 5.74) is 2.95. The number of alkyl halides is 3. The van der Waals surface area contributed by atoms with Gasteiger partial charge >= 0.3 is 6.18 Å². The van der Waals surface area contributed by atoms with Crippen LogP contribution in [0.25, 0.3) is 21.9 Å². The number of hydrogen-bond donors (Lipinski definition) is 1. The van der Waals surface area contributed by atoms with Crippen LogP contribution in [0.5, 0.6) is 0 Å². The Hall–Kier alpha value is -3.15. The third-order valence-corrected chi connectivity index (χ3v) is 6.54. The molecule has 174 valence electrons. The monoisotopic (exact) mass is 461 g/mol. The second-order valence-corrected chi connectivity index (χ2v) is 8.83. The number of fused-ring (bicyclic) bond motifs is 1. The highest BCUT2D eigenvalue weighted by atomic mass is 19.4. The molecular weight excluding hydrogens is 435 g/mol. The molecule has 0 aliphatic carbocycles. The van der Waals surface area contributed by atoms with Gasteiger partial charge in [-0.25, -0.2) is 0 Å². The van der Waals surface area contributed by atoms with Crippen LogP contribution in [0, 0.1) is 0 Å². The lowest BCUT2D eigenvalue weighted by Crippen LogP contribution is -2.41. The fourth-order valence-electron chi connectivity index (χ4n) is 4.74. The largest absolute Gasteiger partial charge is 0.416 e. The van der Waals surface area contributed by atoms with Crippen molar-refractivity contribution in [2.24, 2.45) is 0 Å². The van der Waals surface area contributed by atoms with E-state index in [0.717, 1.165) is 42.3 Å². The van der Waals surface area contributed by atoms with Gasteiger partial charge in [0.05, 0.1) is 18.3 Å². The predicted molar refractivity (Wildman–Crippen MR) is 130 cm³/mol. The first-order valence-electron chi connectivity index (χ1n) is 11.5. The summed E-state index contributed by atoms with van der Waals surface area (Å²) in [6.45, 7) is 2.14. The van der Waals surface area contributed by atoms with E-state index in [4.69, 9.17) is 4.74 Å². The van der Waals surface area contributed by atoms with E-state index >= 15 is 0 Å². The third kappa shape index (κ3) is 5.01. The summed E-state index contributed by atoms with van der Waals surface area (Å²) < 4.78 is 46.0. The van der Waals surface area contributed by atoms with Crippen molar-refractivity contribution in [2.75, 3.05) is 13.1 Å². The molecule has 2 nitrogen and oxygen atoms in total. The minimum Gasteiger partial charge on any atom is -0.372 e. The molecule has 0 unspecified atom stereocenters. The summed E-state index contributed by atoms with van der Waals surface area (Å²) >= 11 is 0. The van der Waals surface area contributed by atoms with Gasteiger partial charge in [-0.05, 0) is 64.2 Å². The van der Waals surface area contributed by atoms with E-state index in [9.17, 15) is 13.2 Å². The van der Waals surface area contributed by atoms with Crippen LogP contribution in [0.3, 0.4) is 0 Å². The number of rotatable bonds is 5. The minimum atomic E-state index is -4.36. The highest BCUT2D eigenvalue weighted by Gasteiger charge is 2.31. The summed E-state index contributed by atoms with van der Waals surface area (Å²) in [5.74, 6) is 0.174. The number of nitrogens with one attached hydrogen (secondary N) is 1. The van der Waals surface area contributed by atoms with Gasteiger partial charge in [0.25, 0.3) is 0 Å². The van der Waals surface area contributed by atoms with Crippen molar-refractivity contribution < 1.29 is 17.9 Å². The van der Waals surface area contributed by atoms with E-state index in [-0.39, 0.29) is 12.0 Å². The molecule has 0 radical (unpaired) electrons. The van der Waals surface area contributed by atoms with Crippen LogP contribution < -0.4 is 5.32 Å². The van der Waals surface area contributed by atoms with Crippen molar-refractivity contribution in [2.45, 2.75) is 31.2 Å². The number of benzene rings is 4. The molecule has 1 fully saturated rings. The molecule has 0 aromatic heterocycles. The molecule has 34 heavy (non-hydrogen) atoms. The molecular formula is C29H26F3NO. The standard InChI is InChI=1S/C29H26F3NO/c30-29(31,32)26-10-4-8-24(17-26)23-7-3-9-25(16-23)27-13-14-33-18-28(27)34-19-20-11-12-21-5-1-2-6-22(21)15-20/h1-12,15-17,27-28,33H,13-14,18-19H2/t27-,28+/m1/s1. The lowest BCUT2D eigenvalue weighted by Gasteiger charge is -2.33. The maximum atomic E-state index is 13.2. The molecule has 0 saturated carbocycles. The van der Waals surface area contributed by atoms with Gasteiger partial charge in [0.15, 0.2) is 0 Å². The molecule has 2 atom stereocenters. The molecule has 5 rings (SSSR count). The van der Waals surface area contributed by atoms with Gasteiger partial charge in [0, 0.05) is 12.5 Å². The number of halogens is 3. The first-order valence-corrected chi connectivity index (χ1v) is 11.5. The molecule has 1 N–H and O–H groups in total. The van der Waals surface area contributed by atoms with Gasteiger partial charge in [-0.15, -0.1) is 0 Å². The fourth-order valence-corrected chi connectivity index (χ4v) is 4.74. The maximum absolute atomic E-state index is 13.2. The first kappa shape index (κ1) is 22.6. The summed E-state index contributed by atoms with van der Waals surface area (Å²) in [7, 11) is 0. The van der Waals surface area contributed by atoms with Crippen LogP contribution in [-0.2, 0) is 17.5 Å². The van der Waals surface area contributed by atoms with Crippen LogP contribution >= 0.6 is 0 Å². The van der Waals surface area contributed by atoms with Crippen molar-refractivity contribution in [3.63, 3.8) is 0 Å². The van der Waals surface area contributed by atoms with Crippen molar-refractivity contribution in [1.29, 1.82) is 0 Å². The lowest BCUT2D eigenvalue weighted by atomic mass is 9.86. The Bertz CT molecular complexity index is 1280. The van der Waals surface area contributed by atoms with Gasteiger partial charge in [-0.3, -0.25) is 0 Å². The summed E-state index contributed by atoms with van der Waals surface area (Å²) in [6.07, 6.45) is -3.46. The Morgan fingerprint density at radius 2 is 1.56 bits per heavy atom. The van der Waals surface area contributed by atoms with E-state index in [0.29, 0.717) is 12.2 Å². The molecule has 1 aliphatic rings. The second-order valence-electron chi connectivity index (χ2n) is 8.83. The van der Waals surface area contributed by atoms with Crippen LogP contribution in [0.2, 0.25) is 0 Å². The van der Waals surface area contributed by atoms with Crippen LogP contribution in [-0.4, -0.2) is 19.2 Å². The Kier molecular flexibility index (Phi) is 6.40. The highest BCUT2D eigenvalue weighted by molar-refractivity contribution is 5.82. The second kappa shape index (κ2) is 9.61. The average Bonchev–Trinajstić information content (AvgIpc) is 2.87. The van der Waals surface area contributed by atoms with Gasteiger partial charge in [0.2, 0.25) is 0 Å². The molecule has 0 bridgehead atoms. The van der Waals surface area contributed by atoms with Gasteiger partial charge in [-0.1, -0.05) is 72.8 Å². The topological polar surface area (TPSA) is 21.3 Å². The summed E-state index contributed by atoms with van der Waals surface area (Å²) in [5, 5.41) is 5.81. The van der Waals surface area contributed by atoms with Gasteiger partial charge < -0.3 is 10.1 Å². The van der Waals surface area contributed by atoms with Crippen LogP contribution in [0.15, 0.2) is 91.0 Å². The Morgan fingerprint density at radius 3 is 2.38 bits per heavy atom. The van der Waals surface area contributed by atoms with Gasteiger partial charge in [0.1, 0.15) is 0 Å². The lowest BCUT2D eigenvalue weighted by molar-refractivity contribution is -0.137. The van der Waals surface area contributed by atoms with Gasteiger partial charge in [-0.2, -0.15) is 13.2 Å². The normalized spacial score (nSPS) is 18.8. The van der Waals surface area contributed by atoms with Crippen molar-refractivity contribution in [1.82, 2.24) is 5.32 Å². The fraction of sp³-hybridized carbons (Fsp3) is 0.241. The minimum absolute atomic E-state index is 0.0167. The molecule has 1 aliphatic heterocycles. The molecule has 4 aromatic rings. The summed E-state index contributed by atoms with van der Waals surface area (Å²) in [4.78, 5) is 0. The Morgan fingerprint density at radius 1 is 0.794 bits per heavy atom. The Balaban J connectivity index is 1.35. The van der Waals surface area contributed by atoms with E-state index in [1.165, 1.54) is 22.9 Å². The van der Waals surface area contributed by atoms with E-state index in [2.05, 4.69) is 41.7 Å². The molecule has 0 spiro atoms. The van der Waals surface area contributed by atoms with Crippen LogP contribution in [0.1, 0.15) is 29.0 Å². The molecule has 0 amide bonds. The van der Waals surface area contributed by atoms with Crippen molar-refractivity contribution in [3.8, 4) is 11.1 Å². The third-order valence-electron chi connectivity index (χ3n) is 6.54. The quantitative estimate of drug-likeness (QED) is 0.340.